The van der Waals surface area contributed by atoms with E-state index in [4.69, 9.17) is 11.6 Å². The normalized spacial score (nSPS) is 10.8. The van der Waals surface area contributed by atoms with Gasteiger partial charge in [-0.05, 0) is 70.9 Å². The van der Waals surface area contributed by atoms with Crippen LogP contribution in [0.3, 0.4) is 0 Å². The fourth-order valence-corrected chi connectivity index (χ4v) is 4.29. The number of fused-ring (bicyclic) bond motifs is 1. The molecule has 154 valence electrons. The number of hydrogen-bond donors (Lipinski definition) is 0. The number of halogens is 1. The molecule has 0 unspecified atom stereocenters. The van der Waals surface area contributed by atoms with E-state index in [2.05, 4.69) is 41.3 Å². The van der Waals surface area contributed by atoms with Gasteiger partial charge in [0.1, 0.15) is 0 Å². The molecule has 5 aromatic carbocycles. The van der Waals surface area contributed by atoms with Crippen molar-refractivity contribution in [3.63, 3.8) is 0 Å². The van der Waals surface area contributed by atoms with E-state index in [-0.39, 0.29) is 0 Å². The van der Waals surface area contributed by atoms with Gasteiger partial charge in [0.15, 0.2) is 6.29 Å². The smallest absolute Gasteiger partial charge is 0.150 e. The number of hydrogen-bond acceptors (Lipinski definition) is 2. The largest absolute Gasteiger partial charge is 0.310 e. The fraction of sp³-hybridized carbons (Fsp3) is 0. The van der Waals surface area contributed by atoms with Crippen LogP contribution in [0.1, 0.15) is 10.4 Å². The lowest BCUT2D eigenvalue weighted by molar-refractivity contribution is 0.112. The van der Waals surface area contributed by atoms with Gasteiger partial charge in [-0.2, -0.15) is 0 Å². The summed E-state index contributed by atoms with van der Waals surface area (Å²) in [6.07, 6.45) is 0.907. The van der Waals surface area contributed by atoms with E-state index < -0.39 is 0 Å². The molecular weight excluding hydrogens is 414 g/mol. The number of carbonyl (C=O) groups is 1. The summed E-state index contributed by atoms with van der Waals surface area (Å²) >= 11 is 6.67. The van der Waals surface area contributed by atoms with Crippen molar-refractivity contribution in [1.29, 1.82) is 0 Å². The maximum absolute atomic E-state index is 11.8. The zero-order chi connectivity index (χ0) is 21.9. The molecule has 2 nitrogen and oxygen atoms in total. The molecule has 0 atom stereocenters. The van der Waals surface area contributed by atoms with E-state index in [1.54, 1.807) is 0 Å². The summed E-state index contributed by atoms with van der Waals surface area (Å²) in [4.78, 5) is 14.0. The van der Waals surface area contributed by atoms with E-state index in [9.17, 15) is 4.79 Å². The highest BCUT2D eigenvalue weighted by atomic mass is 35.5. The molecule has 32 heavy (non-hydrogen) atoms. The van der Waals surface area contributed by atoms with Gasteiger partial charge in [0.2, 0.25) is 0 Å². The Morgan fingerprint density at radius 3 is 1.91 bits per heavy atom. The molecule has 5 aromatic rings. The van der Waals surface area contributed by atoms with Crippen molar-refractivity contribution in [2.45, 2.75) is 0 Å². The van der Waals surface area contributed by atoms with Crippen LogP contribution < -0.4 is 4.90 Å². The van der Waals surface area contributed by atoms with Gasteiger partial charge in [0.25, 0.3) is 0 Å². The number of para-hydroxylation sites is 2. The second kappa shape index (κ2) is 8.70. The highest BCUT2D eigenvalue weighted by Crippen LogP contribution is 2.39. The molecular formula is C29H20ClNO. The summed E-state index contributed by atoms with van der Waals surface area (Å²) in [5.41, 5.74) is 5.55. The molecule has 0 saturated heterocycles. The van der Waals surface area contributed by atoms with Crippen molar-refractivity contribution in [1.82, 2.24) is 0 Å². The number of aldehydes is 1. The Balaban J connectivity index is 1.70. The SMILES string of the molecule is O=Cc1cc(-c2cc(N(c3ccccc3)c3ccccc3)ccc2Cl)cc2ccccc12. The van der Waals surface area contributed by atoms with Gasteiger partial charge in [-0.3, -0.25) is 4.79 Å². The monoisotopic (exact) mass is 433 g/mol. The van der Waals surface area contributed by atoms with Crippen LogP contribution in [0.2, 0.25) is 5.02 Å². The molecule has 0 heterocycles. The Morgan fingerprint density at radius 1 is 0.625 bits per heavy atom. The molecule has 0 bridgehead atoms. The third kappa shape index (κ3) is 3.77. The minimum Gasteiger partial charge on any atom is -0.310 e. The van der Waals surface area contributed by atoms with Crippen molar-refractivity contribution in [2.24, 2.45) is 0 Å². The lowest BCUT2D eigenvalue weighted by Gasteiger charge is -2.26. The minimum atomic E-state index is 0.641. The molecule has 0 aliphatic carbocycles. The van der Waals surface area contributed by atoms with E-state index in [0.717, 1.165) is 45.2 Å². The Hall–Kier alpha value is -3.88. The van der Waals surface area contributed by atoms with Crippen LogP contribution in [0.4, 0.5) is 17.1 Å². The van der Waals surface area contributed by atoms with Crippen molar-refractivity contribution in [2.75, 3.05) is 4.90 Å². The molecule has 0 saturated carbocycles. The molecule has 0 N–H and O–H groups in total. The van der Waals surface area contributed by atoms with Gasteiger partial charge < -0.3 is 4.90 Å². The number of carbonyl (C=O) groups excluding carboxylic acids is 1. The van der Waals surface area contributed by atoms with E-state index in [0.29, 0.717) is 10.6 Å². The Kier molecular flexibility index (Phi) is 5.45. The third-order valence-electron chi connectivity index (χ3n) is 5.57. The average Bonchev–Trinajstić information content (AvgIpc) is 2.86. The minimum absolute atomic E-state index is 0.641. The number of rotatable bonds is 5. The predicted molar refractivity (Wildman–Crippen MR) is 134 cm³/mol. The van der Waals surface area contributed by atoms with Crippen LogP contribution >= 0.6 is 11.6 Å². The lowest BCUT2D eigenvalue weighted by Crippen LogP contribution is -2.09. The van der Waals surface area contributed by atoms with Crippen LogP contribution in [0.25, 0.3) is 21.9 Å². The predicted octanol–water partition coefficient (Wildman–Crippen LogP) is 8.44. The van der Waals surface area contributed by atoms with Gasteiger partial charge in [0, 0.05) is 33.2 Å². The van der Waals surface area contributed by atoms with Crippen LogP contribution in [-0.4, -0.2) is 6.29 Å². The van der Waals surface area contributed by atoms with Gasteiger partial charge in [0.05, 0.1) is 0 Å². The molecule has 0 aliphatic heterocycles. The molecule has 0 aliphatic rings. The van der Waals surface area contributed by atoms with Crippen molar-refractivity contribution in [3.05, 3.63) is 126 Å². The zero-order valence-electron chi connectivity index (χ0n) is 17.3. The fourth-order valence-electron chi connectivity index (χ4n) is 4.07. The summed E-state index contributed by atoms with van der Waals surface area (Å²) in [7, 11) is 0. The Morgan fingerprint density at radius 2 is 1.25 bits per heavy atom. The van der Waals surface area contributed by atoms with Gasteiger partial charge in [-0.1, -0.05) is 72.3 Å². The number of benzene rings is 5. The zero-order valence-corrected chi connectivity index (χ0v) is 18.0. The summed E-state index contributed by atoms with van der Waals surface area (Å²) in [6, 6.07) is 38.4. The summed E-state index contributed by atoms with van der Waals surface area (Å²) < 4.78 is 0. The Bertz CT molecular complexity index is 1360. The second-order valence-electron chi connectivity index (χ2n) is 7.58. The number of nitrogens with zero attached hydrogens (tertiary/aromatic N) is 1. The number of anilines is 3. The van der Waals surface area contributed by atoms with E-state index in [1.807, 2.05) is 78.9 Å². The highest BCUT2D eigenvalue weighted by molar-refractivity contribution is 6.33. The molecule has 0 aromatic heterocycles. The first kappa shape index (κ1) is 20.0. The van der Waals surface area contributed by atoms with Crippen LogP contribution in [0, 0.1) is 0 Å². The molecule has 0 spiro atoms. The topological polar surface area (TPSA) is 20.3 Å². The van der Waals surface area contributed by atoms with Gasteiger partial charge in [-0.15, -0.1) is 0 Å². The molecule has 3 heteroatoms. The first-order valence-corrected chi connectivity index (χ1v) is 10.8. The molecule has 0 fully saturated rings. The summed E-state index contributed by atoms with van der Waals surface area (Å²) in [6.45, 7) is 0. The molecule has 0 amide bonds. The first-order valence-electron chi connectivity index (χ1n) is 10.4. The van der Waals surface area contributed by atoms with Gasteiger partial charge >= 0.3 is 0 Å². The molecule has 0 radical (unpaired) electrons. The van der Waals surface area contributed by atoms with Gasteiger partial charge in [-0.25, -0.2) is 0 Å². The lowest BCUT2D eigenvalue weighted by atomic mass is 9.96. The third-order valence-corrected chi connectivity index (χ3v) is 5.90. The maximum atomic E-state index is 11.8. The highest BCUT2D eigenvalue weighted by Gasteiger charge is 2.15. The summed E-state index contributed by atoms with van der Waals surface area (Å²) in [5, 5.41) is 2.59. The van der Waals surface area contributed by atoms with Crippen molar-refractivity contribution >= 4 is 45.7 Å². The maximum Gasteiger partial charge on any atom is 0.150 e. The summed E-state index contributed by atoms with van der Waals surface area (Å²) in [5.74, 6) is 0. The van der Waals surface area contributed by atoms with E-state index >= 15 is 0 Å². The average molecular weight is 434 g/mol. The van der Waals surface area contributed by atoms with Crippen LogP contribution in [-0.2, 0) is 0 Å². The van der Waals surface area contributed by atoms with Crippen LogP contribution in [0.5, 0.6) is 0 Å². The van der Waals surface area contributed by atoms with E-state index in [1.165, 1.54) is 0 Å². The van der Waals surface area contributed by atoms with Crippen molar-refractivity contribution < 1.29 is 4.79 Å². The van der Waals surface area contributed by atoms with Crippen molar-refractivity contribution in [3.8, 4) is 11.1 Å². The quantitative estimate of drug-likeness (QED) is 0.259. The second-order valence-corrected chi connectivity index (χ2v) is 7.98. The standard InChI is InChI=1S/C29H20ClNO/c30-29-16-15-26(31(24-10-3-1-4-11-24)25-12-5-2-6-13-25)19-28(29)22-17-21-9-7-8-14-27(21)23(18-22)20-32/h1-20H. The Labute approximate surface area is 192 Å². The molecule has 5 rings (SSSR count). The van der Waals surface area contributed by atoms with Crippen LogP contribution in [0.15, 0.2) is 115 Å². The first-order chi connectivity index (χ1) is 15.7.